The standard InChI is InChI=1S/C17H28ClN3/c1-5-16-12-21(9-8-20(16)4)17-7-6-15(18)10-14(17)11-19-13(2)3/h6-7,10,13,16,19H,5,8-9,11-12H2,1-4H3. The SMILES string of the molecule is CCC1CN(c2ccc(Cl)cc2CNC(C)C)CCN1C. The third kappa shape index (κ3) is 4.35. The van der Waals surface area contributed by atoms with Crippen LogP contribution in [0.15, 0.2) is 18.2 Å². The summed E-state index contributed by atoms with van der Waals surface area (Å²) in [6.07, 6.45) is 1.19. The fraction of sp³-hybridized carbons (Fsp3) is 0.647. The molecule has 0 aromatic heterocycles. The van der Waals surface area contributed by atoms with Crippen molar-refractivity contribution in [2.75, 3.05) is 31.6 Å². The fourth-order valence-corrected chi connectivity index (χ4v) is 3.12. The predicted molar refractivity (Wildman–Crippen MR) is 92.3 cm³/mol. The highest BCUT2D eigenvalue weighted by atomic mass is 35.5. The van der Waals surface area contributed by atoms with E-state index in [9.17, 15) is 0 Å². The normalized spacial score (nSPS) is 20.3. The molecular formula is C17H28ClN3. The molecule has 0 bridgehead atoms. The summed E-state index contributed by atoms with van der Waals surface area (Å²) in [6, 6.07) is 7.41. The molecule has 118 valence electrons. The first-order valence-electron chi connectivity index (χ1n) is 7.98. The molecule has 1 unspecified atom stereocenters. The Morgan fingerprint density at radius 3 is 2.76 bits per heavy atom. The van der Waals surface area contributed by atoms with Crippen molar-refractivity contribution < 1.29 is 0 Å². The smallest absolute Gasteiger partial charge is 0.0413 e. The van der Waals surface area contributed by atoms with Crippen LogP contribution in [-0.2, 0) is 6.54 Å². The lowest BCUT2D eigenvalue weighted by Gasteiger charge is -2.41. The van der Waals surface area contributed by atoms with Crippen LogP contribution in [0.4, 0.5) is 5.69 Å². The minimum atomic E-state index is 0.479. The molecule has 0 amide bonds. The third-order valence-corrected chi connectivity index (χ3v) is 4.57. The number of likely N-dealkylation sites (N-methyl/N-ethyl adjacent to an activating group) is 1. The molecule has 0 saturated carbocycles. The summed E-state index contributed by atoms with van der Waals surface area (Å²) in [5.41, 5.74) is 2.63. The summed E-state index contributed by atoms with van der Waals surface area (Å²) < 4.78 is 0. The van der Waals surface area contributed by atoms with Crippen LogP contribution in [0.5, 0.6) is 0 Å². The van der Waals surface area contributed by atoms with Crippen molar-refractivity contribution in [3.05, 3.63) is 28.8 Å². The van der Waals surface area contributed by atoms with E-state index in [-0.39, 0.29) is 0 Å². The van der Waals surface area contributed by atoms with Crippen molar-refractivity contribution in [1.82, 2.24) is 10.2 Å². The lowest BCUT2D eigenvalue weighted by atomic mass is 10.1. The average Bonchev–Trinajstić information content (AvgIpc) is 2.46. The molecule has 1 aliphatic rings. The van der Waals surface area contributed by atoms with Gasteiger partial charge < -0.3 is 10.2 Å². The zero-order valence-electron chi connectivity index (χ0n) is 13.7. The Bertz CT molecular complexity index is 461. The number of piperazine rings is 1. The summed E-state index contributed by atoms with van der Waals surface area (Å²) in [7, 11) is 2.23. The van der Waals surface area contributed by atoms with Gasteiger partial charge >= 0.3 is 0 Å². The summed E-state index contributed by atoms with van der Waals surface area (Å²) in [6.45, 7) is 10.8. The molecule has 0 radical (unpaired) electrons. The Hall–Kier alpha value is -0.770. The molecule has 1 heterocycles. The van der Waals surface area contributed by atoms with Crippen molar-refractivity contribution in [3.63, 3.8) is 0 Å². The third-order valence-electron chi connectivity index (χ3n) is 4.33. The first-order chi connectivity index (χ1) is 10.0. The Labute approximate surface area is 134 Å². The van der Waals surface area contributed by atoms with E-state index in [2.05, 4.69) is 55.1 Å². The maximum absolute atomic E-state index is 6.20. The minimum Gasteiger partial charge on any atom is -0.368 e. The zero-order chi connectivity index (χ0) is 15.4. The number of benzene rings is 1. The quantitative estimate of drug-likeness (QED) is 0.899. The van der Waals surface area contributed by atoms with Crippen LogP contribution in [0.3, 0.4) is 0 Å². The van der Waals surface area contributed by atoms with Crippen LogP contribution >= 0.6 is 11.6 Å². The maximum atomic E-state index is 6.20. The largest absolute Gasteiger partial charge is 0.368 e. The summed E-state index contributed by atoms with van der Waals surface area (Å²) in [5.74, 6) is 0. The highest BCUT2D eigenvalue weighted by molar-refractivity contribution is 6.30. The molecule has 1 N–H and O–H groups in total. The van der Waals surface area contributed by atoms with Gasteiger partial charge in [-0.05, 0) is 37.2 Å². The van der Waals surface area contributed by atoms with Crippen molar-refractivity contribution in [2.45, 2.75) is 45.8 Å². The Morgan fingerprint density at radius 2 is 2.10 bits per heavy atom. The van der Waals surface area contributed by atoms with E-state index in [1.807, 2.05) is 6.07 Å². The number of hydrogen-bond donors (Lipinski definition) is 1. The van der Waals surface area contributed by atoms with Gasteiger partial charge in [0.2, 0.25) is 0 Å². The van der Waals surface area contributed by atoms with Gasteiger partial charge in [-0.2, -0.15) is 0 Å². The number of halogens is 1. The molecule has 0 spiro atoms. The summed E-state index contributed by atoms with van der Waals surface area (Å²) in [4.78, 5) is 4.99. The van der Waals surface area contributed by atoms with Gasteiger partial charge in [0.05, 0.1) is 0 Å². The molecule has 3 nitrogen and oxygen atoms in total. The minimum absolute atomic E-state index is 0.479. The van der Waals surface area contributed by atoms with Gasteiger partial charge in [0.15, 0.2) is 0 Å². The van der Waals surface area contributed by atoms with Gasteiger partial charge in [-0.1, -0.05) is 32.4 Å². The molecule has 0 aliphatic carbocycles. The van der Waals surface area contributed by atoms with Gasteiger partial charge in [-0.3, -0.25) is 4.90 Å². The van der Waals surface area contributed by atoms with Crippen LogP contribution in [0.25, 0.3) is 0 Å². The average molecular weight is 310 g/mol. The second-order valence-corrected chi connectivity index (χ2v) is 6.73. The monoisotopic (exact) mass is 309 g/mol. The molecule has 1 aromatic carbocycles. The molecular weight excluding hydrogens is 282 g/mol. The molecule has 1 atom stereocenters. The molecule has 1 aliphatic heterocycles. The highest BCUT2D eigenvalue weighted by Gasteiger charge is 2.24. The summed E-state index contributed by atoms with van der Waals surface area (Å²) >= 11 is 6.20. The number of rotatable bonds is 5. The van der Waals surface area contributed by atoms with Crippen LogP contribution in [0, 0.1) is 0 Å². The van der Waals surface area contributed by atoms with E-state index in [0.29, 0.717) is 12.1 Å². The molecule has 21 heavy (non-hydrogen) atoms. The number of nitrogens with zero attached hydrogens (tertiary/aromatic N) is 2. The highest BCUT2D eigenvalue weighted by Crippen LogP contribution is 2.27. The Morgan fingerprint density at radius 1 is 1.33 bits per heavy atom. The second-order valence-electron chi connectivity index (χ2n) is 6.30. The Balaban J connectivity index is 2.18. The van der Waals surface area contributed by atoms with E-state index in [1.165, 1.54) is 17.7 Å². The molecule has 1 aromatic rings. The fourth-order valence-electron chi connectivity index (χ4n) is 2.92. The predicted octanol–water partition coefficient (Wildman–Crippen LogP) is 3.37. The zero-order valence-corrected chi connectivity index (χ0v) is 14.5. The van der Waals surface area contributed by atoms with Gasteiger partial charge in [-0.15, -0.1) is 0 Å². The van der Waals surface area contributed by atoms with Gasteiger partial charge in [-0.25, -0.2) is 0 Å². The van der Waals surface area contributed by atoms with Crippen molar-refractivity contribution in [3.8, 4) is 0 Å². The lowest BCUT2D eigenvalue weighted by molar-refractivity contribution is 0.213. The van der Waals surface area contributed by atoms with E-state index >= 15 is 0 Å². The number of anilines is 1. The van der Waals surface area contributed by atoms with Crippen molar-refractivity contribution >= 4 is 17.3 Å². The molecule has 2 rings (SSSR count). The van der Waals surface area contributed by atoms with Crippen LogP contribution in [0.2, 0.25) is 5.02 Å². The van der Waals surface area contributed by atoms with Crippen molar-refractivity contribution in [1.29, 1.82) is 0 Å². The van der Waals surface area contributed by atoms with E-state index in [1.54, 1.807) is 0 Å². The van der Waals surface area contributed by atoms with Gasteiger partial charge in [0, 0.05) is 49.0 Å². The lowest BCUT2D eigenvalue weighted by Crippen LogP contribution is -2.51. The van der Waals surface area contributed by atoms with Crippen LogP contribution < -0.4 is 10.2 Å². The van der Waals surface area contributed by atoms with Crippen LogP contribution in [-0.4, -0.2) is 43.7 Å². The maximum Gasteiger partial charge on any atom is 0.0413 e. The second kappa shape index (κ2) is 7.48. The first kappa shape index (κ1) is 16.6. The Kier molecular flexibility index (Phi) is 5.91. The molecule has 4 heteroatoms. The number of hydrogen-bond acceptors (Lipinski definition) is 3. The summed E-state index contributed by atoms with van der Waals surface area (Å²) in [5, 5.41) is 4.33. The van der Waals surface area contributed by atoms with Crippen molar-refractivity contribution in [2.24, 2.45) is 0 Å². The topological polar surface area (TPSA) is 18.5 Å². The number of nitrogens with one attached hydrogen (secondary N) is 1. The molecule has 1 saturated heterocycles. The van der Waals surface area contributed by atoms with E-state index in [0.717, 1.165) is 31.2 Å². The van der Waals surface area contributed by atoms with Gasteiger partial charge in [0.25, 0.3) is 0 Å². The molecule has 1 fully saturated rings. The van der Waals surface area contributed by atoms with Crippen LogP contribution in [0.1, 0.15) is 32.8 Å². The first-order valence-corrected chi connectivity index (χ1v) is 8.36. The van der Waals surface area contributed by atoms with E-state index < -0.39 is 0 Å². The van der Waals surface area contributed by atoms with E-state index in [4.69, 9.17) is 11.6 Å². The van der Waals surface area contributed by atoms with Gasteiger partial charge in [0.1, 0.15) is 0 Å².